The second kappa shape index (κ2) is 6.13. The van der Waals surface area contributed by atoms with Gasteiger partial charge in [-0.2, -0.15) is 0 Å². The van der Waals surface area contributed by atoms with Gasteiger partial charge in [0.05, 0.1) is 33.8 Å². The van der Waals surface area contributed by atoms with E-state index in [-0.39, 0.29) is 11.7 Å². The first-order chi connectivity index (χ1) is 9.60. The number of carbonyl (C=O) groups excluding carboxylic acids is 1. The van der Waals surface area contributed by atoms with E-state index in [9.17, 15) is 4.79 Å². The summed E-state index contributed by atoms with van der Waals surface area (Å²) in [7, 11) is 6.74. The number of nitrogens with zero attached hydrogens (tertiary/aromatic N) is 1. The maximum atomic E-state index is 12.3. The van der Waals surface area contributed by atoms with Gasteiger partial charge in [-0.05, 0) is 20.0 Å². The summed E-state index contributed by atoms with van der Waals surface area (Å²) in [6, 6.07) is 3.59. The van der Waals surface area contributed by atoms with E-state index in [2.05, 4.69) is 0 Å². The fourth-order valence-electron chi connectivity index (χ4n) is 2.65. The van der Waals surface area contributed by atoms with Crippen LogP contribution in [0.1, 0.15) is 17.9 Å². The molecule has 1 atom stereocenters. The zero-order valence-corrected chi connectivity index (χ0v) is 12.4. The normalized spacial score (nSPS) is 19.8. The lowest BCUT2D eigenvalue weighted by atomic mass is 9.87. The molecule has 0 aromatic heterocycles. The van der Waals surface area contributed by atoms with Crippen LogP contribution >= 0.6 is 0 Å². The van der Waals surface area contributed by atoms with E-state index >= 15 is 0 Å². The lowest BCUT2D eigenvalue weighted by molar-refractivity contribution is -0.123. The van der Waals surface area contributed by atoms with Crippen molar-refractivity contribution >= 4 is 5.78 Å². The molecule has 0 N–H and O–H groups in total. The number of methoxy groups -OCH3 is 3. The van der Waals surface area contributed by atoms with Gasteiger partial charge in [0.2, 0.25) is 0 Å². The van der Waals surface area contributed by atoms with Crippen LogP contribution in [0.15, 0.2) is 12.1 Å². The average Bonchev–Trinajstić information content (AvgIpc) is 2.46. The fourth-order valence-corrected chi connectivity index (χ4v) is 2.65. The Balaban J connectivity index is 2.46. The monoisotopic (exact) mass is 279 g/mol. The van der Waals surface area contributed by atoms with Gasteiger partial charge >= 0.3 is 0 Å². The number of benzene rings is 1. The highest BCUT2D eigenvalue weighted by Crippen LogP contribution is 2.41. The number of likely N-dealkylation sites (tertiary alicyclic amines) is 1. The van der Waals surface area contributed by atoms with Crippen molar-refractivity contribution in [3.63, 3.8) is 0 Å². The number of hydrogen-bond acceptors (Lipinski definition) is 5. The number of hydrogen-bond donors (Lipinski definition) is 0. The third-order valence-electron chi connectivity index (χ3n) is 3.72. The van der Waals surface area contributed by atoms with Gasteiger partial charge in [0.15, 0.2) is 5.78 Å². The van der Waals surface area contributed by atoms with E-state index in [1.54, 1.807) is 33.5 Å². The van der Waals surface area contributed by atoms with Crippen LogP contribution in [0.4, 0.5) is 0 Å². The summed E-state index contributed by atoms with van der Waals surface area (Å²) in [4.78, 5) is 14.3. The number of ketones is 1. The molecule has 5 nitrogen and oxygen atoms in total. The minimum absolute atomic E-state index is 0.179. The number of piperidine rings is 1. The molecule has 1 heterocycles. The van der Waals surface area contributed by atoms with Crippen LogP contribution in [-0.4, -0.2) is 52.1 Å². The van der Waals surface area contributed by atoms with Crippen molar-refractivity contribution in [2.45, 2.75) is 12.3 Å². The van der Waals surface area contributed by atoms with E-state index in [0.717, 1.165) is 18.5 Å². The lowest BCUT2D eigenvalue weighted by Gasteiger charge is -2.29. The predicted octanol–water partition coefficient (Wildman–Crippen LogP) is 1.70. The van der Waals surface area contributed by atoms with Gasteiger partial charge in [-0.15, -0.1) is 0 Å². The first-order valence-corrected chi connectivity index (χ1v) is 6.61. The molecule has 1 aliphatic rings. The van der Waals surface area contributed by atoms with Gasteiger partial charge in [-0.3, -0.25) is 9.69 Å². The van der Waals surface area contributed by atoms with Crippen LogP contribution in [0.25, 0.3) is 0 Å². The number of Topliss-reactive ketones (excluding diaryl/α,β-unsaturated/α-hetero) is 1. The second-order valence-corrected chi connectivity index (χ2v) is 4.99. The summed E-state index contributed by atoms with van der Waals surface area (Å²) < 4.78 is 16.1. The minimum Gasteiger partial charge on any atom is -0.496 e. The Kier molecular flexibility index (Phi) is 4.49. The molecule has 0 radical (unpaired) electrons. The molecule has 110 valence electrons. The fraction of sp³-hybridized carbons (Fsp3) is 0.533. The maximum Gasteiger partial charge on any atom is 0.154 e. The molecule has 5 heteroatoms. The topological polar surface area (TPSA) is 48.0 Å². The first-order valence-electron chi connectivity index (χ1n) is 6.61. The highest BCUT2D eigenvalue weighted by Gasteiger charge is 2.31. The molecule has 1 fully saturated rings. The largest absolute Gasteiger partial charge is 0.496 e. The third-order valence-corrected chi connectivity index (χ3v) is 3.72. The molecule has 0 saturated carbocycles. The zero-order chi connectivity index (χ0) is 14.7. The summed E-state index contributed by atoms with van der Waals surface area (Å²) in [5.74, 6) is 1.96. The SMILES string of the molecule is COc1cc(OC)c([C@@H]2CCN(C)CC2=O)c(OC)c1. The van der Waals surface area contributed by atoms with Gasteiger partial charge in [0, 0.05) is 17.7 Å². The quantitative estimate of drug-likeness (QED) is 0.839. The molecular weight excluding hydrogens is 258 g/mol. The van der Waals surface area contributed by atoms with Crippen molar-refractivity contribution in [3.8, 4) is 17.2 Å². The number of likely N-dealkylation sites (N-methyl/N-ethyl adjacent to an activating group) is 1. The molecule has 2 rings (SSSR count). The molecule has 1 aromatic carbocycles. The Labute approximate surface area is 119 Å². The van der Waals surface area contributed by atoms with Crippen molar-refractivity contribution in [2.75, 3.05) is 41.5 Å². The Morgan fingerprint density at radius 1 is 1.10 bits per heavy atom. The second-order valence-electron chi connectivity index (χ2n) is 4.99. The molecule has 20 heavy (non-hydrogen) atoms. The molecule has 0 unspecified atom stereocenters. The summed E-state index contributed by atoms with van der Waals surface area (Å²) in [5.41, 5.74) is 0.828. The first kappa shape index (κ1) is 14.7. The van der Waals surface area contributed by atoms with E-state index in [4.69, 9.17) is 14.2 Å². The molecular formula is C15H21NO4. The summed E-state index contributed by atoms with van der Waals surface area (Å²) >= 11 is 0. The van der Waals surface area contributed by atoms with Crippen LogP contribution in [-0.2, 0) is 4.79 Å². The molecule has 0 aliphatic carbocycles. The molecule has 1 aliphatic heterocycles. The Morgan fingerprint density at radius 2 is 1.70 bits per heavy atom. The predicted molar refractivity (Wildman–Crippen MR) is 76.0 cm³/mol. The summed E-state index contributed by atoms with van der Waals surface area (Å²) in [6.45, 7) is 1.34. The molecule has 0 amide bonds. The molecule has 0 spiro atoms. The smallest absolute Gasteiger partial charge is 0.154 e. The van der Waals surface area contributed by atoms with Crippen LogP contribution in [0.5, 0.6) is 17.2 Å². The average molecular weight is 279 g/mol. The summed E-state index contributed by atoms with van der Waals surface area (Å²) in [6.07, 6.45) is 0.772. The third kappa shape index (κ3) is 2.72. The standard InChI is InChI=1S/C15H21NO4/c1-16-6-5-11(12(17)9-16)15-13(19-3)7-10(18-2)8-14(15)20-4/h7-8,11H,5-6,9H2,1-4H3/t11-/m1/s1. The van der Waals surface area contributed by atoms with Crippen molar-refractivity contribution < 1.29 is 19.0 Å². The van der Waals surface area contributed by atoms with Crippen molar-refractivity contribution in [2.24, 2.45) is 0 Å². The van der Waals surface area contributed by atoms with Crippen LogP contribution < -0.4 is 14.2 Å². The van der Waals surface area contributed by atoms with Crippen molar-refractivity contribution in [1.29, 1.82) is 0 Å². The summed E-state index contributed by atoms with van der Waals surface area (Å²) in [5, 5.41) is 0. The van der Waals surface area contributed by atoms with E-state index in [1.807, 2.05) is 11.9 Å². The molecule has 0 bridgehead atoms. The van der Waals surface area contributed by atoms with Gasteiger partial charge < -0.3 is 14.2 Å². The maximum absolute atomic E-state index is 12.3. The van der Waals surface area contributed by atoms with E-state index < -0.39 is 0 Å². The van der Waals surface area contributed by atoms with Crippen molar-refractivity contribution in [3.05, 3.63) is 17.7 Å². The number of rotatable bonds is 4. The Morgan fingerprint density at radius 3 is 2.15 bits per heavy atom. The molecule has 1 aromatic rings. The Bertz CT molecular complexity index is 476. The minimum atomic E-state index is -0.179. The Hall–Kier alpha value is -1.75. The zero-order valence-electron chi connectivity index (χ0n) is 12.4. The highest BCUT2D eigenvalue weighted by atomic mass is 16.5. The van der Waals surface area contributed by atoms with Gasteiger partial charge in [0.1, 0.15) is 17.2 Å². The lowest BCUT2D eigenvalue weighted by Crippen LogP contribution is -2.37. The van der Waals surface area contributed by atoms with Gasteiger partial charge in [-0.25, -0.2) is 0 Å². The van der Waals surface area contributed by atoms with Crippen LogP contribution in [0.3, 0.4) is 0 Å². The van der Waals surface area contributed by atoms with E-state index in [1.165, 1.54) is 0 Å². The van der Waals surface area contributed by atoms with Crippen LogP contribution in [0.2, 0.25) is 0 Å². The van der Waals surface area contributed by atoms with Gasteiger partial charge in [0.25, 0.3) is 0 Å². The van der Waals surface area contributed by atoms with Crippen molar-refractivity contribution in [1.82, 2.24) is 4.90 Å². The number of carbonyl (C=O) groups is 1. The number of ether oxygens (including phenoxy) is 3. The highest BCUT2D eigenvalue weighted by molar-refractivity contribution is 5.89. The van der Waals surface area contributed by atoms with Crippen LogP contribution in [0, 0.1) is 0 Å². The molecule has 1 saturated heterocycles. The van der Waals surface area contributed by atoms with Gasteiger partial charge in [-0.1, -0.05) is 0 Å². The van der Waals surface area contributed by atoms with E-state index in [0.29, 0.717) is 23.8 Å².